The predicted octanol–water partition coefficient (Wildman–Crippen LogP) is 8.25. The number of nitrogens with one attached hydrogen (secondary N) is 1. The first-order valence-electron chi connectivity index (χ1n) is 12.9. The Morgan fingerprint density at radius 2 is 1.77 bits per heavy atom. The lowest BCUT2D eigenvalue weighted by Crippen LogP contribution is -2.10. The lowest BCUT2D eigenvalue weighted by molar-refractivity contribution is 0.0697. The van der Waals surface area contributed by atoms with Crippen LogP contribution in [-0.2, 0) is 0 Å². The summed E-state index contributed by atoms with van der Waals surface area (Å²) < 4.78 is 13.9. The normalized spacial score (nSPS) is 12.0. The molecule has 0 bridgehead atoms. The molecule has 5 aromatic rings. The Morgan fingerprint density at radius 3 is 2.50 bits per heavy atom. The van der Waals surface area contributed by atoms with Crippen LogP contribution in [-0.4, -0.2) is 31.9 Å². The number of ketones is 1. The van der Waals surface area contributed by atoms with Gasteiger partial charge in [-0.3, -0.25) is 4.79 Å². The molecule has 202 valence electrons. The maximum atomic E-state index is 13.9. The van der Waals surface area contributed by atoms with Crippen molar-refractivity contribution in [3.63, 3.8) is 0 Å². The number of aromatic nitrogens is 2. The highest BCUT2D eigenvalue weighted by Crippen LogP contribution is 2.40. The Balaban J connectivity index is 1.56. The zero-order valence-electron chi connectivity index (χ0n) is 21.6. The molecule has 8 heteroatoms. The number of nitrogens with zero attached hydrogens (tertiary/aromatic N) is 1. The summed E-state index contributed by atoms with van der Waals surface area (Å²) in [7, 11) is 0. The summed E-state index contributed by atoms with van der Waals surface area (Å²) in [5, 5.41) is 20.2. The molecule has 6 nitrogen and oxygen atoms in total. The highest BCUT2D eigenvalue weighted by Gasteiger charge is 2.23. The molecular weight excluding hydrogens is 531 g/mol. The van der Waals surface area contributed by atoms with Gasteiger partial charge >= 0.3 is 5.97 Å². The van der Waals surface area contributed by atoms with Gasteiger partial charge in [0.05, 0.1) is 16.6 Å². The first-order chi connectivity index (χ1) is 19.3. The molecule has 3 N–H and O–H groups in total. The van der Waals surface area contributed by atoms with Gasteiger partial charge in [0.25, 0.3) is 0 Å². The van der Waals surface area contributed by atoms with Crippen LogP contribution < -0.4 is 0 Å². The van der Waals surface area contributed by atoms with Crippen molar-refractivity contribution in [2.24, 2.45) is 0 Å². The van der Waals surface area contributed by atoms with Crippen molar-refractivity contribution in [3.8, 4) is 28.3 Å². The number of Topliss-reactive ketones (excluding diaryl/α,β-unsaturated/α-hetero) is 1. The molecule has 5 rings (SSSR count). The molecular formula is C32H26ClFN2O4. The molecule has 1 heterocycles. The number of H-pyrrole nitrogens is 1. The average Bonchev–Trinajstić information content (AvgIpc) is 3.35. The maximum Gasteiger partial charge on any atom is 0.336 e. The number of imidazole rings is 1. The molecule has 0 saturated heterocycles. The number of benzene rings is 4. The van der Waals surface area contributed by atoms with E-state index in [0.717, 1.165) is 24.5 Å². The second kappa shape index (κ2) is 11.3. The minimum absolute atomic E-state index is 0.0270. The average molecular weight is 557 g/mol. The van der Waals surface area contributed by atoms with Gasteiger partial charge in [0.1, 0.15) is 5.82 Å². The highest BCUT2D eigenvalue weighted by molar-refractivity contribution is 6.34. The largest absolute Gasteiger partial charge is 0.505 e. The number of hydrogen-bond donors (Lipinski definition) is 3. The minimum Gasteiger partial charge on any atom is -0.505 e. The number of carboxylic acid groups (broad SMARTS) is 1. The number of phenols is 1. The van der Waals surface area contributed by atoms with Crippen LogP contribution in [0.3, 0.4) is 0 Å². The smallest absolute Gasteiger partial charge is 0.336 e. The van der Waals surface area contributed by atoms with Crippen molar-refractivity contribution in [1.82, 2.24) is 9.97 Å². The van der Waals surface area contributed by atoms with E-state index >= 15 is 0 Å². The Hall–Kier alpha value is -4.49. The van der Waals surface area contributed by atoms with E-state index in [1.807, 2.05) is 30.3 Å². The van der Waals surface area contributed by atoms with Crippen molar-refractivity contribution in [3.05, 3.63) is 106 Å². The number of aromatic amines is 1. The van der Waals surface area contributed by atoms with Gasteiger partial charge in [0.2, 0.25) is 0 Å². The Labute approximate surface area is 235 Å². The Kier molecular flexibility index (Phi) is 7.67. The number of aromatic hydroxyl groups is 1. The highest BCUT2D eigenvalue weighted by atomic mass is 35.5. The molecule has 40 heavy (non-hydrogen) atoms. The summed E-state index contributed by atoms with van der Waals surface area (Å²) in [5.74, 6) is -2.33. The molecule has 0 saturated carbocycles. The SMILES string of the molecule is CCC[C@@H](CC(=O)c1ccc(-c2c(Cl)cccc2-c2nc3cc(O)c(F)cc3[nH]2)c(C(=O)O)c1)c1ccccc1. The van der Waals surface area contributed by atoms with Crippen LogP contribution in [0.5, 0.6) is 5.75 Å². The predicted molar refractivity (Wildman–Crippen MR) is 154 cm³/mol. The molecule has 0 aliphatic rings. The number of rotatable bonds is 9. The van der Waals surface area contributed by atoms with E-state index in [4.69, 9.17) is 11.6 Å². The van der Waals surface area contributed by atoms with Crippen LogP contribution in [0.15, 0.2) is 78.9 Å². The van der Waals surface area contributed by atoms with Gasteiger partial charge in [-0.1, -0.05) is 79.5 Å². The molecule has 0 aliphatic heterocycles. The topological polar surface area (TPSA) is 103 Å². The van der Waals surface area contributed by atoms with Gasteiger partial charge in [0, 0.05) is 40.3 Å². The van der Waals surface area contributed by atoms with E-state index < -0.39 is 17.5 Å². The van der Waals surface area contributed by atoms with Gasteiger partial charge < -0.3 is 15.2 Å². The van der Waals surface area contributed by atoms with Gasteiger partial charge in [-0.25, -0.2) is 14.2 Å². The number of carboxylic acids is 1. The third kappa shape index (κ3) is 5.33. The number of hydrogen-bond acceptors (Lipinski definition) is 4. The standard InChI is InChI=1S/C32H26ClFN2O4/c1-2-7-19(18-8-4-3-5-9-18)15-28(37)20-12-13-21(23(14-20)32(39)40)30-22(10-6-11-24(30)33)31-35-26-16-25(34)29(38)17-27(26)36-31/h3-6,8-14,16-17,19,38H,2,7,15H2,1H3,(H,35,36)(H,39,40)/t19-/m0/s1. The summed E-state index contributed by atoms with van der Waals surface area (Å²) in [6.07, 6.45) is 2.01. The first-order valence-corrected chi connectivity index (χ1v) is 13.3. The third-order valence-electron chi connectivity index (χ3n) is 7.00. The fraction of sp³-hybridized carbons (Fsp3) is 0.156. The molecule has 0 fully saturated rings. The lowest BCUT2D eigenvalue weighted by Gasteiger charge is -2.17. The fourth-order valence-electron chi connectivity index (χ4n) is 5.06. The van der Waals surface area contributed by atoms with Crippen molar-refractivity contribution in [2.75, 3.05) is 0 Å². The molecule has 1 atom stereocenters. The van der Waals surface area contributed by atoms with E-state index in [0.29, 0.717) is 39.1 Å². The van der Waals surface area contributed by atoms with E-state index in [1.165, 1.54) is 12.1 Å². The van der Waals surface area contributed by atoms with Crippen molar-refractivity contribution < 1.29 is 24.2 Å². The second-order valence-corrected chi connectivity index (χ2v) is 10.1. The van der Waals surface area contributed by atoms with Gasteiger partial charge in [-0.15, -0.1) is 0 Å². The maximum absolute atomic E-state index is 13.9. The van der Waals surface area contributed by atoms with Crippen LogP contribution >= 0.6 is 11.6 Å². The second-order valence-electron chi connectivity index (χ2n) is 9.66. The Morgan fingerprint density at radius 1 is 1.00 bits per heavy atom. The quantitative estimate of drug-likeness (QED) is 0.159. The molecule has 0 spiro atoms. The summed E-state index contributed by atoms with van der Waals surface area (Å²) in [5.41, 5.74) is 3.19. The third-order valence-corrected chi connectivity index (χ3v) is 7.32. The van der Waals surface area contributed by atoms with E-state index in [9.17, 15) is 24.2 Å². The Bertz CT molecular complexity index is 1690. The first kappa shape index (κ1) is 27.1. The monoisotopic (exact) mass is 556 g/mol. The van der Waals surface area contributed by atoms with Gasteiger partial charge in [-0.05, 0) is 35.6 Å². The van der Waals surface area contributed by atoms with Crippen molar-refractivity contribution in [2.45, 2.75) is 32.1 Å². The summed E-state index contributed by atoms with van der Waals surface area (Å²) >= 11 is 6.61. The zero-order valence-corrected chi connectivity index (χ0v) is 22.4. The molecule has 1 aromatic heterocycles. The number of aromatic carboxylic acids is 1. The molecule has 0 unspecified atom stereocenters. The summed E-state index contributed by atoms with van der Waals surface area (Å²) in [6, 6.07) is 21.8. The number of fused-ring (bicyclic) bond motifs is 1. The number of carbonyl (C=O) groups is 2. The van der Waals surface area contributed by atoms with Crippen molar-refractivity contribution in [1.29, 1.82) is 0 Å². The molecule has 4 aromatic carbocycles. The summed E-state index contributed by atoms with van der Waals surface area (Å²) in [6.45, 7) is 2.07. The van der Waals surface area contributed by atoms with E-state index in [2.05, 4.69) is 16.9 Å². The van der Waals surface area contributed by atoms with E-state index in [-0.39, 0.29) is 28.7 Å². The van der Waals surface area contributed by atoms with Gasteiger partial charge in [-0.2, -0.15) is 0 Å². The summed E-state index contributed by atoms with van der Waals surface area (Å²) in [4.78, 5) is 33.3. The molecule has 0 amide bonds. The van der Waals surface area contributed by atoms with Crippen LogP contribution in [0, 0.1) is 5.82 Å². The fourth-order valence-corrected chi connectivity index (χ4v) is 5.33. The van der Waals surface area contributed by atoms with Crippen LogP contribution in [0.2, 0.25) is 5.02 Å². The number of halogens is 2. The van der Waals surface area contributed by atoms with Crippen molar-refractivity contribution >= 4 is 34.4 Å². The van der Waals surface area contributed by atoms with Crippen LogP contribution in [0.1, 0.15) is 58.4 Å². The zero-order chi connectivity index (χ0) is 28.4. The number of phenolic OH excluding ortho intramolecular Hbond substituents is 1. The van der Waals surface area contributed by atoms with Crippen LogP contribution in [0.4, 0.5) is 4.39 Å². The molecule has 0 aliphatic carbocycles. The lowest BCUT2D eigenvalue weighted by atomic mass is 9.87. The minimum atomic E-state index is -1.21. The molecule has 0 radical (unpaired) electrons. The number of carbonyl (C=O) groups excluding carboxylic acids is 1. The van der Waals surface area contributed by atoms with E-state index in [1.54, 1.807) is 30.3 Å². The van der Waals surface area contributed by atoms with Gasteiger partial charge in [0.15, 0.2) is 17.3 Å². The van der Waals surface area contributed by atoms with Crippen LogP contribution in [0.25, 0.3) is 33.5 Å².